The van der Waals surface area contributed by atoms with E-state index in [-0.39, 0.29) is 18.4 Å². The van der Waals surface area contributed by atoms with E-state index in [1.165, 1.54) is 4.90 Å². The van der Waals surface area contributed by atoms with Gasteiger partial charge in [-0.05, 0) is 12.8 Å². The van der Waals surface area contributed by atoms with Crippen molar-refractivity contribution in [3.8, 4) is 6.07 Å². The first kappa shape index (κ1) is 16.2. The molecule has 0 spiro atoms. The lowest BCUT2D eigenvalue weighted by Gasteiger charge is -2.27. The smallest absolute Gasteiger partial charge is 0.326 e. The van der Waals surface area contributed by atoms with Crippen molar-refractivity contribution < 1.29 is 14.7 Å². The molecule has 0 aliphatic carbocycles. The summed E-state index contributed by atoms with van der Waals surface area (Å²) in [7, 11) is 1.55. The van der Waals surface area contributed by atoms with Crippen LogP contribution in [0.15, 0.2) is 0 Å². The molecule has 6 nitrogen and oxygen atoms in total. The van der Waals surface area contributed by atoms with Crippen LogP contribution in [0.3, 0.4) is 0 Å². The zero-order chi connectivity index (χ0) is 14.3. The minimum Gasteiger partial charge on any atom is -0.480 e. The summed E-state index contributed by atoms with van der Waals surface area (Å²) in [6.07, 6.45) is 0.875. The molecule has 0 saturated heterocycles. The quantitative estimate of drug-likeness (QED) is 0.750. The summed E-state index contributed by atoms with van der Waals surface area (Å²) < 4.78 is 0. The van der Waals surface area contributed by atoms with Crippen molar-refractivity contribution in [3.63, 3.8) is 0 Å². The van der Waals surface area contributed by atoms with E-state index in [0.717, 1.165) is 0 Å². The number of urea groups is 1. The number of nitrogens with zero attached hydrogens (tertiary/aromatic N) is 2. The minimum absolute atomic E-state index is 0.147. The maximum Gasteiger partial charge on any atom is 0.326 e. The predicted molar refractivity (Wildman–Crippen MR) is 66.9 cm³/mol. The number of aliphatic carboxylic acids is 1. The molecular weight excluding hydrogens is 234 g/mol. The van der Waals surface area contributed by atoms with E-state index in [0.29, 0.717) is 6.42 Å². The van der Waals surface area contributed by atoms with Gasteiger partial charge in [-0.25, -0.2) is 9.59 Å². The van der Waals surface area contributed by atoms with E-state index in [9.17, 15) is 9.59 Å². The fourth-order valence-electron chi connectivity index (χ4n) is 1.39. The SMILES string of the molecule is CCC(C)[C@@H](NC(=O)N(C)C(C)CC#N)C(=O)O. The Kier molecular flexibility index (Phi) is 6.79. The van der Waals surface area contributed by atoms with Gasteiger partial charge in [-0.15, -0.1) is 0 Å². The maximum absolute atomic E-state index is 11.8. The van der Waals surface area contributed by atoms with Gasteiger partial charge >= 0.3 is 12.0 Å². The summed E-state index contributed by atoms with van der Waals surface area (Å²) in [5.74, 6) is -1.19. The van der Waals surface area contributed by atoms with Gasteiger partial charge in [0.25, 0.3) is 0 Å². The van der Waals surface area contributed by atoms with Crippen LogP contribution in [-0.2, 0) is 4.79 Å². The Hall–Kier alpha value is -1.77. The molecule has 0 rings (SSSR count). The van der Waals surface area contributed by atoms with Crippen LogP contribution in [0.25, 0.3) is 0 Å². The third-order valence-electron chi connectivity index (χ3n) is 3.13. The van der Waals surface area contributed by atoms with Crippen molar-refractivity contribution in [1.29, 1.82) is 5.26 Å². The van der Waals surface area contributed by atoms with E-state index in [1.807, 2.05) is 13.0 Å². The van der Waals surface area contributed by atoms with E-state index in [4.69, 9.17) is 10.4 Å². The molecule has 2 unspecified atom stereocenters. The van der Waals surface area contributed by atoms with Crippen LogP contribution in [0.2, 0.25) is 0 Å². The molecule has 0 aromatic rings. The van der Waals surface area contributed by atoms with Gasteiger partial charge in [-0.3, -0.25) is 0 Å². The minimum atomic E-state index is -1.04. The highest BCUT2D eigenvalue weighted by molar-refractivity contribution is 5.82. The number of hydrogen-bond donors (Lipinski definition) is 2. The maximum atomic E-state index is 11.8. The van der Waals surface area contributed by atoms with Gasteiger partial charge < -0.3 is 15.3 Å². The molecule has 0 radical (unpaired) electrons. The van der Waals surface area contributed by atoms with Crippen LogP contribution < -0.4 is 5.32 Å². The third kappa shape index (κ3) is 4.62. The molecule has 0 aromatic carbocycles. The van der Waals surface area contributed by atoms with Gasteiger partial charge in [0.2, 0.25) is 0 Å². The molecule has 0 heterocycles. The average molecular weight is 255 g/mol. The lowest BCUT2D eigenvalue weighted by Crippen LogP contribution is -2.51. The lowest BCUT2D eigenvalue weighted by molar-refractivity contribution is -0.140. The number of amides is 2. The molecular formula is C12H21N3O3. The molecule has 2 N–H and O–H groups in total. The number of nitrogens with one attached hydrogen (secondary N) is 1. The summed E-state index contributed by atoms with van der Waals surface area (Å²) in [5, 5.41) is 20.1. The zero-order valence-electron chi connectivity index (χ0n) is 11.3. The zero-order valence-corrected chi connectivity index (χ0v) is 11.3. The van der Waals surface area contributed by atoms with Crippen LogP contribution >= 0.6 is 0 Å². The molecule has 102 valence electrons. The standard InChI is InChI=1S/C12H21N3O3/c1-5-8(2)10(11(16)17)14-12(18)15(4)9(3)6-7-13/h8-10H,5-6H2,1-4H3,(H,14,18)(H,16,17)/t8?,9?,10-/m1/s1. The van der Waals surface area contributed by atoms with Crippen molar-refractivity contribution in [2.45, 2.75) is 45.7 Å². The summed E-state index contributed by atoms with van der Waals surface area (Å²) in [6, 6.07) is 0.356. The van der Waals surface area contributed by atoms with E-state index >= 15 is 0 Å². The van der Waals surface area contributed by atoms with Crippen LogP contribution in [0.5, 0.6) is 0 Å². The Labute approximate surface area is 108 Å². The van der Waals surface area contributed by atoms with Crippen LogP contribution in [0, 0.1) is 17.2 Å². The Morgan fingerprint density at radius 2 is 2.00 bits per heavy atom. The van der Waals surface area contributed by atoms with E-state index < -0.39 is 18.0 Å². The van der Waals surface area contributed by atoms with Gasteiger partial charge in [0.05, 0.1) is 12.5 Å². The normalized spacial score (nSPS) is 15.1. The second kappa shape index (κ2) is 7.54. The van der Waals surface area contributed by atoms with Crippen LogP contribution in [0.4, 0.5) is 4.79 Å². The van der Waals surface area contributed by atoms with Crippen molar-refractivity contribution >= 4 is 12.0 Å². The van der Waals surface area contributed by atoms with Gasteiger partial charge in [-0.1, -0.05) is 20.3 Å². The van der Waals surface area contributed by atoms with Gasteiger partial charge in [0.15, 0.2) is 0 Å². The average Bonchev–Trinajstić information content (AvgIpc) is 2.33. The highest BCUT2D eigenvalue weighted by Gasteiger charge is 2.27. The van der Waals surface area contributed by atoms with Crippen molar-refractivity contribution in [1.82, 2.24) is 10.2 Å². The molecule has 0 aliphatic rings. The van der Waals surface area contributed by atoms with Gasteiger partial charge in [0.1, 0.15) is 6.04 Å². The summed E-state index contributed by atoms with van der Waals surface area (Å²) >= 11 is 0. The number of carbonyl (C=O) groups is 2. The molecule has 0 bridgehead atoms. The highest BCUT2D eigenvalue weighted by atomic mass is 16.4. The van der Waals surface area contributed by atoms with E-state index in [1.54, 1.807) is 20.9 Å². The summed E-state index contributed by atoms with van der Waals surface area (Å²) in [6.45, 7) is 5.38. The predicted octanol–water partition coefficient (Wildman–Crippen LogP) is 1.43. The molecule has 0 fully saturated rings. The topological polar surface area (TPSA) is 93.4 Å². The molecule has 2 amide bonds. The van der Waals surface area contributed by atoms with Crippen LogP contribution in [-0.4, -0.2) is 41.1 Å². The molecule has 0 saturated carbocycles. The highest BCUT2D eigenvalue weighted by Crippen LogP contribution is 2.09. The van der Waals surface area contributed by atoms with Gasteiger partial charge in [-0.2, -0.15) is 5.26 Å². The first-order valence-corrected chi connectivity index (χ1v) is 5.98. The fraction of sp³-hybridized carbons (Fsp3) is 0.750. The Morgan fingerprint density at radius 1 is 1.44 bits per heavy atom. The largest absolute Gasteiger partial charge is 0.480 e. The Bertz CT molecular complexity index is 338. The van der Waals surface area contributed by atoms with Crippen LogP contribution in [0.1, 0.15) is 33.6 Å². The second-order valence-electron chi connectivity index (χ2n) is 4.47. The number of rotatable bonds is 6. The third-order valence-corrected chi connectivity index (χ3v) is 3.13. The molecule has 3 atom stereocenters. The molecule has 6 heteroatoms. The second-order valence-corrected chi connectivity index (χ2v) is 4.47. The fourth-order valence-corrected chi connectivity index (χ4v) is 1.39. The van der Waals surface area contributed by atoms with Crippen molar-refractivity contribution in [3.05, 3.63) is 0 Å². The number of carboxylic acid groups (broad SMARTS) is 1. The number of carboxylic acids is 1. The number of hydrogen-bond acceptors (Lipinski definition) is 3. The lowest BCUT2D eigenvalue weighted by atomic mass is 9.99. The monoisotopic (exact) mass is 255 g/mol. The molecule has 0 aliphatic heterocycles. The molecule has 18 heavy (non-hydrogen) atoms. The van der Waals surface area contributed by atoms with Crippen molar-refractivity contribution in [2.24, 2.45) is 5.92 Å². The summed E-state index contributed by atoms with van der Waals surface area (Å²) in [5.41, 5.74) is 0. The van der Waals surface area contributed by atoms with Crippen molar-refractivity contribution in [2.75, 3.05) is 7.05 Å². The first-order valence-electron chi connectivity index (χ1n) is 5.98. The summed E-state index contributed by atoms with van der Waals surface area (Å²) in [4.78, 5) is 24.3. The number of carbonyl (C=O) groups excluding carboxylic acids is 1. The Morgan fingerprint density at radius 3 is 2.39 bits per heavy atom. The van der Waals surface area contributed by atoms with Gasteiger partial charge in [0, 0.05) is 13.1 Å². The molecule has 0 aromatic heterocycles. The Balaban J connectivity index is 4.61. The number of nitriles is 1. The van der Waals surface area contributed by atoms with E-state index in [2.05, 4.69) is 5.32 Å². The first-order chi connectivity index (χ1) is 8.34.